The molecule has 0 atom stereocenters. The van der Waals surface area contributed by atoms with Crippen molar-refractivity contribution in [2.75, 3.05) is 0 Å². The van der Waals surface area contributed by atoms with E-state index in [1.807, 2.05) is 11.6 Å². The van der Waals surface area contributed by atoms with E-state index in [2.05, 4.69) is 32.7 Å². The van der Waals surface area contributed by atoms with Crippen LogP contribution in [-0.2, 0) is 6.42 Å². The molecule has 96 valence electrons. The maximum Gasteiger partial charge on any atom is 0.0953 e. The molecule has 0 spiro atoms. The average molecular weight is 253 g/mol. The third-order valence-electron chi connectivity index (χ3n) is 3.54. The summed E-state index contributed by atoms with van der Waals surface area (Å²) in [5.41, 5.74) is -0.148. The maximum absolute atomic E-state index is 10.9. The van der Waals surface area contributed by atoms with Gasteiger partial charge in [-0.15, -0.1) is 11.3 Å². The van der Waals surface area contributed by atoms with E-state index in [1.165, 1.54) is 6.42 Å². The number of nitrogens with zero attached hydrogens (tertiary/aromatic N) is 1. The minimum Gasteiger partial charge on any atom is -0.389 e. The summed E-state index contributed by atoms with van der Waals surface area (Å²) in [6.07, 6.45) is 5.46. The molecule has 1 N–H and O–H groups in total. The highest BCUT2D eigenvalue weighted by molar-refractivity contribution is 7.09. The van der Waals surface area contributed by atoms with E-state index in [1.54, 1.807) is 11.3 Å². The van der Waals surface area contributed by atoms with Gasteiger partial charge in [0.1, 0.15) is 0 Å². The molecule has 0 amide bonds. The van der Waals surface area contributed by atoms with Crippen LogP contribution in [-0.4, -0.2) is 15.7 Å². The van der Waals surface area contributed by atoms with Crippen LogP contribution >= 0.6 is 11.3 Å². The van der Waals surface area contributed by atoms with Crippen LogP contribution in [0.25, 0.3) is 0 Å². The first kappa shape index (κ1) is 13.0. The van der Waals surface area contributed by atoms with Crippen molar-refractivity contribution in [1.29, 1.82) is 0 Å². The van der Waals surface area contributed by atoms with Gasteiger partial charge in [-0.1, -0.05) is 27.7 Å². The van der Waals surface area contributed by atoms with E-state index in [-0.39, 0.29) is 10.8 Å². The Morgan fingerprint density at radius 2 is 1.76 bits per heavy atom. The molecule has 3 heteroatoms. The Morgan fingerprint density at radius 3 is 2.24 bits per heavy atom. The van der Waals surface area contributed by atoms with Gasteiger partial charge in [0.2, 0.25) is 0 Å². The predicted octanol–water partition coefficient (Wildman–Crippen LogP) is 3.65. The van der Waals surface area contributed by atoms with E-state index >= 15 is 0 Å². The molecule has 0 radical (unpaired) electrons. The monoisotopic (exact) mass is 253 g/mol. The van der Waals surface area contributed by atoms with Gasteiger partial charge < -0.3 is 5.11 Å². The molecular weight excluding hydrogens is 230 g/mol. The molecule has 1 fully saturated rings. The second-order valence-electron chi connectivity index (χ2n) is 7.19. The number of aromatic nitrogens is 1. The van der Waals surface area contributed by atoms with Gasteiger partial charge in [0, 0.05) is 18.0 Å². The highest BCUT2D eigenvalue weighted by Crippen LogP contribution is 2.51. The summed E-state index contributed by atoms with van der Waals surface area (Å²) in [5.74, 6) is 0. The van der Waals surface area contributed by atoms with Crippen molar-refractivity contribution in [2.45, 2.75) is 59.0 Å². The Kier molecular flexibility index (Phi) is 3.11. The Balaban J connectivity index is 2.18. The van der Waals surface area contributed by atoms with Gasteiger partial charge in [-0.05, 0) is 30.1 Å². The Bertz CT molecular complexity index is 365. The SMILES string of the molecule is CC1(C)CC(C)(C)CC(O)(Cc2nccs2)C1. The zero-order valence-corrected chi connectivity index (χ0v) is 12.1. The van der Waals surface area contributed by atoms with Crippen LogP contribution < -0.4 is 0 Å². The standard InChI is InChI=1S/C14H23NOS/c1-12(2)8-13(3,4)10-14(16,9-12)7-11-15-5-6-17-11/h5-6,16H,7-10H2,1-4H3. The second kappa shape index (κ2) is 4.06. The first-order valence-corrected chi connectivity index (χ1v) is 7.19. The lowest BCUT2D eigenvalue weighted by molar-refractivity contribution is -0.0851. The summed E-state index contributed by atoms with van der Waals surface area (Å²) in [4.78, 5) is 4.31. The minimum atomic E-state index is -0.580. The van der Waals surface area contributed by atoms with E-state index < -0.39 is 5.60 Å². The lowest BCUT2D eigenvalue weighted by atomic mass is 9.59. The van der Waals surface area contributed by atoms with Gasteiger partial charge in [0.05, 0.1) is 10.6 Å². The average Bonchev–Trinajstić information content (AvgIpc) is 2.47. The quantitative estimate of drug-likeness (QED) is 0.872. The largest absolute Gasteiger partial charge is 0.389 e. The van der Waals surface area contributed by atoms with Crippen molar-refractivity contribution >= 4 is 11.3 Å². The van der Waals surface area contributed by atoms with Crippen molar-refractivity contribution in [3.8, 4) is 0 Å². The lowest BCUT2D eigenvalue weighted by Gasteiger charge is -2.49. The topological polar surface area (TPSA) is 33.1 Å². The number of aliphatic hydroxyl groups is 1. The van der Waals surface area contributed by atoms with Gasteiger partial charge in [-0.3, -0.25) is 0 Å². The molecule has 0 unspecified atom stereocenters. The van der Waals surface area contributed by atoms with Crippen LogP contribution in [0.5, 0.6) is 0 Å². The number of rotatable bonds is 2. The van der Waals surface area contributed by atoms with Gasteiger partial charge >= 0.3 is 0 Å². The summed E-state index contributed by atoms with van der Waals surface area (Å²) in [6, 6.07) is 0. The first-order chi connectivity index (χ1) is 7.70. The fourth-order valence-electron chi connectivity index (χ4n) is 4.01. The van der Waals surface area contributed by atoms with Crippen molar-refractivity contribution in [2.24, 2.45) is 10.8 Å². The third kappa shape index (κ3) is 3.29. The van der Waals surface area contributed by atoms with Crippen molar-refractivity contribution in [3.05, 3.63) is 16.6 Å². The molecule has 1 heterocycles. The Hall–Kier alpha value is -0.410. The van der Waals surface area contributed by atoms with E-state index in [0.29, 0.717) is 6.42 Å². The summed E-state index contributed by atoms with van der Waals surface area (Å²) in [5, 5.41) is 13.9. The Labute approximate surface area is 108 Å². The van der Waals surface area contributed by atoms with E-state index in [4.69, 9.17) is 0 Å². The predicted molar refractivity (Wildman–Crippen MR) is 72.2 cm³/mol. The molecular formula is C14H23NOS. The van der Waals surface area contributed by atoms with Gasteiger partial charge in [-0.25, -0.2) is 4.98 Å². The van der Waals surface area contributed by atoms with Crippen molar-refractivity contribution in [3.63, 3.8) is 0 Å². The van der Waals surface area contributed by atoms with Crippen LogP contribution in [0.15, 0.2) is 11.6 Å². The molecule has 1 aromatic heterocycles. The van der Waals surface area contributed by atoms with Crippen LogP contribution in [0, 0.1) is 10.8 Å². The molecule has 17 heavy (non-hydrogen) atoms. The highest BCUT2D eigenvalue weighted by atomic mass is 32.1. The maximum atomic E-state index is 10.9. The third-order valence-corrected chi connectivity index (χ3v) is 4.32. The molecule has 2 nitrogen and oxygen atoms in total. The van der Waals surface area contributed by atoms with Gasteiger partial charge in [-0.2, -0.15) is 0 Å². The highest BCUT2D eigenvalue weighted by Gasteiger charge is 2.46. The van der Waals surface area contributed by atoms with Crippen LogP contribution in [0.1, 0.15) is 52.0 Å². The van der Waals surface area contributed by atoms with Crippen LogP contribution in [0.2, 0.25) is 0 Å². The van der Waals surface area contributed by atoms with E-state index in [9.17, 15) is 5.11 Å². The van der Waals surface area contributed by atoms with Crippen LogP contribution in [0.3, 0.4) is 0 Å². The zero-order chi connectivity index (χ0) is 12.7. The zero-order valence-electron chi connectivity index (χ0n) is 11.3. The molecule has 0 saturated heterocycles. The molecule has 0 aromatic carbocycles. The fraction of sp³-hybridized carbons (Fsp3) is 0.786. The fourth-order valence-corrected chi connectivity index (χ4v) is 4.76. The smallest absolute Gasteiger partial charge is 0.0953 e. The number of hydrogen-bond donors (Lipinski definition) is 1. The normalized spacial score (nSPS) is 25.7. The summed E-state index contributed by atoms with van der Waals surface area (Å²) < 4.78 is 0. The first-order valence-electron chi connectivity index (χ1n) is 6.31. The molecule has 2 rings (SSSR count). The summed E-state index contributed by atoms with van der Waals surface area (Å²) in [6.45, 7) is 9.06. The molecule has 1 saturated carbocycles. The van der Waals surface area contributed by atoms with Crippen LogP contribution in [0.4, 0.5) is 0 Å². The van der Waals surface area contributed by atoms with Gasteiger partial charge in [0.25, 0.3) is 0 Å². The molecule has 1 aliphatic carbocycles. The van der Waals surface area contributed by atoms with Crippen molar-refractivity contribution < 1.29 is 5.11 Å². The number of thiazole rings is 1. The van der Waals surface area contributed by atoms with Crippen molar-refractivity contribution in [1.82, 2.24) is 4.98 Å². The molecule has 0 aliphatic heterocycles. The van der Waals surface area contributed by atoms with Gasteiger partial charge in [0.15, 0.2) is 0 Å². The summed E-state index contributed by atoms with van der Waals surface area (Å²) >= 11 is 1.64. The molecule has 1 aromatic rings. The summed E-state index contributed by atoms with van der Waals surface area (Å²) in [7, 11) is 0. The van der Waals surface area contributed by atoms with E-state index in [0.717, 1.165) is 17.8 Å². The lowest BCUT2D eigenvalue weighted by Crippen LogP contribution is -2.47. The Morgan fingerprint density at radius 1 is 1.18 bits per heavy atom. The second-order valence-corrected chi connectivity index (χ2v) is 8.16. The number of hydrogen-bond acceptors (Lipinski definition) is 3. The molecule has 0 bridgehead atoms. The molecule has 1 aliphatic rings. The minimum absolute atomic E-state index is 0.216.